The van der Waals surface area contributed by atoms with E-state index in [9.17, 15) is 19.7 Å². The Morgan fingerprint density at radius 2 is 2.04 bits per heavy atom. The summed E-state index contributed by atoms with van der Waals surface area (Å²) in [6.07, 6.45) is 0.639. The first-order valence-electron chi connectivity index (χ1n) is 7.32. The summed E-state index contributed by atoms with van der Waals surface area (Å²) in [5.41, 5.74) is 0.0809. The van der Waals surface area contributed by atoms with E-state index in [-0.39, 0.29) is 29.5 Å². The Labute approximate surface area is 134 Å². The molecular weight excluding hydrogens is 302 g/mol. The molecule has 0 fully saturated rings. The zero-order chi connectivity index (χ0) is 17.6. The molecule has 0 atom stereocenters. The topological polar surface area (TPSA) is 113 Å². The number of nitro groups is 1. The summed E-state index contributed by atoms with van der Waals surface area (Å²) < 4.78 is 0. The number of benzene rings is 1. The van der Waals surface area contributed by atoms with Gasteiger partial charge in [-0.2, -0.15) is 0 Å². The number of nitrogens with zero attached hydrogens (tertiary/aromatic N) is 2. The number of nitro benzene ring substituents is 1. The molecule has 0 heterocycles. The van der Waals surface area contributed by atoms with Gasteiger partial charge in [-0.25, -0.2) is 0 Å². The molecule has 1 rings (SSSR count). The van der Waals surface area contributed by atoms with Crippen molar-refractivity contribution >= 4 is 23.3 Å². The number of rotatable bonds is 8. The molecule has 1 aromatic carbocycles. The minimum absolute atomic E-state index is 0.0927. The van der Waals surface area contributed by atoms with E-state index in [2.05, 4.69) is 5.32 Å². The molecule has 0 aromatic heterocycles. The Kier molecular flexibility index (Phi) is 6.49. The molecule has 23 heavy (non-hydrogen) atoms. The minimum atomic E-state index is -1.07. The third-order valence-electron chi connectivity index (χ3n) is 3.01. The largest absolute Gasteiger partial charge is 0.480 e. The van der Waals surface area contributed by atoms with E-state index in [0.29, 0.717) is 13.0 Å². The predicted octanol–water partition coefficient (Wildman–Crippen LogP) is 2.03. The van der Waals surface area contributed by atoms with Crippen LogP contribution in [-0.2, 0) is 4.79 Å². The minimum Gasteiger partial charge on any atom is -0.480 e. The molecule has 0 saturated heterocycles. The monoisotopic (exact) mass is 323 g/mol. The number of carboxylic acids is 1. The fourth-order valence-electron chi connectivity index (χ4n) is 2.14. The highest BCUT2D eigenvalue weighted by molar-refractivity contribution is 5.96. The van der Waals surface area contributed by atoms with Crippen LogP contribution in [0.3, 0.4) is 0 Å². The Morgan fingerprint density at radius 1 is 1.39 bits per heavy atom. The molecule has 0 aliphatic carbocycles. The lowest BCUT2D eigenvalue weighted by Gasteiger charge is -2.22. The first kappa shape index (κ1) is 18.4. The standard InChI is InChI=1S/C15H21N3O5/c1-4-7-17(9-14(19)20)12-6-5-11(8-13(12)18(22)23)15(21)16-10(2)3/h5-6,8,10H,4,7,9H2,1-3H3,(H,16,21)(H,19,20). The Bertz CT molecular complexity index is 601. The van der Waals surface area contributed by atoms with E-state index in [1.165, 1.54) is 23.1 Å². The van der Waals surface area contributed by atoms with Crippen molar-refractivity contribution < 1.29 is 19.6 Å². The normalized spacial score (nSPS) is 10.4. The second kappa shape index (κ2) is 8.11. The van der Waals surface area contributed by atoms with Gasteiger partial charge in [0.2, 0.25) is 0 Å². The smallest absolute Gasteiger partial charge is 0.323 e. The van der Waals surface area contributed by atoms with Crippen LogP contribution in [0.25, 0.3) is 0 Å². The second-order valence-electron chi connectivity index (χ2n) is 5.40. The lowest BCUT2D eigenvalue weighted by molar-refractivity contribution is -0.384. The van der Waals surface area contributed by atoms with Gasteiger partial charge in [0.15, 0.2) is 0 Å². The number of carbonyl (C=O) groups is 2. The van der Waals surface area contributed by atoms with Gasteiger partial charge in [-0.3, -0.25) is 19.7 Å². The van der Waals surface area contributed by atoms with Crippen molar-refractivity contribution in [3.05, 3.63) is 33.9 Å². The Hall–Kier alpha value is -2.64. The van der Waals surface area contributed by atoms with Gasteiger partial charge in [-0.1, -0.05) is 6.92 Å². The van der Waals surface area contributed by atoms with Gasteiger partial charge in [-0.15, -0.1) is 0 Å². The third kappa shape index (κ3) is 5.24. The third-order valence-corrected chi connectivity index (χ3v) is 3.01. The van der Waals surface area contributed by atoms with Crippen LogP contribution in [0.2, 0.25) is 0 Å². The summed E-state index contributed by atoms with van der Waals surface area (Å²) in [7, 11) is 0. The molecule has 0 radical (unpaired) electrons. The highest BCUT2D eigenvalue weighted by Crippen LogP contribution is 2.29. The molecule has 0 unspecified atom stereocenters. The maximum Gasteiger partial charge on any atom is 0.323 e. The molecule has 8 heteroatoms. The zero-order valence-corrected chi connectivity index (χ0v) is 13.4. The van der Waals surface area contributed by atoms with Crippen LogP contribution >= 0.6 is 0 Å². The van der Waals surface area contributed by atoms with Gasteiger partial charge in [0.1, 0.15) is 12.2 Å². The summed E-state index contributed by atoms with van der Waals surface area (Å²) in [5.74, 6) is -1.48. The van der Waals surface area contributed by atoms with Gasteiger partial charge in [-0.05, 0) is 32.4 Å². The van der Waals surface area contributed by atoms with E-state index >= 15 is 0 Å². The first-order valence-corrected chi connectivity index (χ1v) is 7.32. The fourth-order valence-corrected chi connectivity index (χ4v) is 2.14. The molecule has 2 N–H and O–H groups in total. The highest BCUT2D eigenvalue weighted by atomic mass is 16.6. The van der Waals surface area contributed by atoms with Crippen molar-refractivity contribution in [1.82, 2.24) is 5.32 Å². The van der Waals surface area contributed by atoms with Crippen LogP contribution in [0.15, 0.2) is 18.2 Å². The molecule has 126 valence electrons. The number of nitrogens with one attached hydrogen (secondary N) is 1. The molecule has 1 aromatic rings. The number of hydrogen-bond donors (Lipinski definition) is 2. The summed E-state index contributed by atoms with van der Waals surface area (Å²) in [6.45, 7) is 5.45. The highest BCUT2D eigenvalue weighted by Gasteiger charge is 2.23. The van der Waals surface area contributed by atoms with Gasteiger partial charge in [0.05, 0.1) is 4.92 Å². The molecule has 0 bridgehead atoms. The van der Waals surface area contributed by atoms with Crippen LogP contribution in [0.4, 0.5) is 11.4 Å². The Morgan fingerprint density at radius 3 is 2.52 bits per heavy atom. The van der Waals surface area contributed by atoms with E-state index in [1.807, 2.05) is 6.92 Å². The molecule has 0 aliphatic rings. The first-order chi connectivity index (χ1) is 10.8. The van der Waals surface area contributed by atoms with Crippen molar-refractivity contribution in [1.29, 1.82) is 0 Å². The van der Waals surface area contributed by atoms with E-state index in [4.69, 9.17) is 5.11 Å². The van der Waals surface area contributed by atoms with Gasteiger partial charge in [0, 0.05) is 24.2 Å². The number of carbonyl (C=O) groups excluding carboxylic acids is 1. The molecular formula is C15H21N3O5. The second-order valence-corrected chi connectivity index (χ2v) is 5.40. The number of carboxylic acid groups (broad SMARTS) is 1. The lowest BCUT2D eigenvalue weighted by Crippen LogP contribution is -2.32. The van der Waals surface area contributed by atoms with Gasteiger partial charge in [0.25, 0.3) is 11.6 Å². The average molecular weight is 323 g/mol. The van der Waals surface area contributed by atoms with E-state index in [1.54, 1.807) is 13.8 Å². The number of hydrogen-bond acceptors (Lipinski definition) is 5. The van der Waals surface area contributed by atoms with Crippen molar-refractivity contribution in [3.8, 4) is 0 Å². The predicted molar refractivity (Wildman–Crippen MR) is 85.8 cm³/mol. The number of anilines is 1. The lowest BCUT2D eigenvalue weighted by atomic mass is 10.1. The molecule has 1 amide bonds. The van der Waals surface area contributed by atoms with Crippen LogP contribution in [0, 0.1) is 10.1 Å². The van der Waals surface area contributed by atoms with Crippen molar-refractivity contribution in [2.24, 2.45) is 0 Å². The maximum atomic E-state index is 12.0. The summed E-state index contributed by atoms with van der Waals surface area (Å²) in [5, 5.41) is 22.9. The summed E-state index contributed by atoms with van der Waals surface area (Å²) >= 11 is 0. The maximum absolute atomic E-state index is 12.0. The average Bonchev–Trinajstić information content (AvgIpc) is 2.45. The van der Waals surface area contributed by atoms with Gasteiger partial charge < -0.3 is 15.3 Å². The quantitative estimate of drug-likeness (QED) is 0.559. The van der Waals surface area contributed by atoms with E-state index in [0.717, 1.165) is 0 Å². The molecule has 0 aliphatic heterocycles. The van der Waals surface area contributed by atoms with Crippen LogP contribution in [0.5, 0.6) is 0 Å². The Balaban J connectivity index is 3.24. The van der Waals surface area contributed by atoms with Crippen molar-refractivity contribution in [2.45, 2.75) is 33.2 Å². The van der Waals surface area contributed by atoms with Crippen molar-refractivity contribution in [2.75, 3.05) is 18.0 Å². The summed E-state index contributed by atoms with van der Waals surface area (Å²) in [4.78, 5) is 35.1. The fraction of sp³-hybridized carbons (Fsp3) is 0.467. The van der Waals surface area contributed by atoms with Crippen molar-refractivity contribution in [3.63, 3.8) is 0 Å². The number of amides is 1. The number of aliphatic carboxylic acids is 1. The zero-order valence-electron chi connectivity index (χ0n) is 13.4. The van der Waals surface area contributed by atoms with Gasteiger partial charge >= 0.3 is 5.97 Å². The molecule has 8 nitrogen and oxygen atoms in total. The van der Waals surface area contributed by atoms with Crippen LogP contribution in [-0.4, -0.2) is 41.0 Å². The van der Waals surface area contributed by atoms with E-state index < -0.39 is 16.8 Å². The SMILES string of the molecule is CCCN(CC(=O)O)c1ccc(C(=O)NC(C)C)cc1[N+](=O)[O-]. The van der Waals surface area contributed by atoms with Crippen LogP contribution < -0.4 is 10.2 Å². The summed E-state index contributed by atoms with van der Waals surface area (Å²) in [6, 6.07) is 3.97. The van der Waals surface area contributed by atoms with Crippen LogP contribution in [0.1, 0.15) is 37.6 Å². The molecule has 0 spiro atoms. The molecule has 0 saturated carbocycles.